The fourth-order valence-electron chi connectivity index (χ4n) is 3.79. The summed E-state index contributed by atoms with van der Waals surface area (Å²) in [5.74, 6) is 0.704. The largest absolute Gasteiger partial charge is 0.385 e. The number of aromatic nitrogens is 2. The number of carbonyl (C=O) groups excluding carboxylic acids is 1. The molecule has 5 nitrogen and oxygen atoms in total. The summed E-state index contributed by atoms with van der Waals surface area (Å²) < 4.78 is 1.64. The number of rotatable bonds is 5. The van der Waals surface area contributed by atoms with Crippen molar-refractivity contribution in [2.75, 3.05) is 6.54 Å². The highest BCUT2D eigenvalue weighted by atomic mass is 16.3. The maximum atomic E-state index is 12.5. The molecule has 1 atom stereocenters. The van der Waals surface area contributed by atoms with Crippen LogP contribution < -0.4 is 5.32 Å². The van der Waals surface area contributed by atoms with E-state index >= 15 is 0 Å². The molecule has 21 heavy (non-hydrogen) atoms. The van der Waals surface area contributed by atoms with Crippen LogP contribution in [0.2, 0.25) is 0 Å². The van der Waals surface area contributed by atoms with E-state index in [0.717, 1.165) is 18.5 Å². The molecule has 2 aliphatic carbocycles. The van der Waals surface area contributed by atoms with E-state index in [0.29, 0.717) is 5.92 Å². The van der Waals surface area contributed by atoms with Crippen LogP contribution in [0.1, 0.15) is 56.7 Å². The molecule has 0 radical (unpaired) electrons. The Morgan fingerprint density at radius 1 is 1.48 bits per heavy atom. The molecule has 1 aromatic heterocycles. The molecular formula is C16H25N3O2. The topological polar surface area (TPSA) is 67.2 Å². The maximum absolute atomic E-state index is 12.5. The van der Waals surface area contributed by atoms with Crippen LogP contribution in [0.25, 0.3) is 0 Å². The van der Waals surface area contributed by atoms with E-state index in [2.05, 4.69) is 10.4 Å². The van der Waals surface area contributed by atoms with Crippen LogP contribution in [0.3, 0.4) is 0 Å². The lowest BCUT2D eigenvalue weighted by Crippen LogP contribution is -2.39. The van der Waals surface area contributed by atoms with Crippen molar-refractivity contribution in [3.63, 3.8) is 0 Å². The highest BCUT2D eigenvalue weighted by Gasteiger charge is 2.54. The van der Waals surface area contributed by atoms with E-state index in [4.69, 9.17) is 0 Å². The van der Waals surface area contributed by atoms with Crippen molar-refractivity contribution in [1.82, 2.24) is 15.1 Å². The molecule has 5 heteroatoms. The molecule has 2 N–H and O–H groups in total. The minimum Gasteiger partial charge on any atom is -0.385 e. The van der Waals surface area contributed by atoms with Gasteiger partial charge in [-0.25, -0.2) is 0 Å². The van der Waals surface area contributed by atoms with E-state index in [1.165, 1.54) is 32.1 Å². The molecule has 1 amide bonds. The summed E-state index contributed by atoms with van der Waals surface area (Å²) in [5.41, 5.74) is 0.616. The molecule has 0 saturated heterocycles. The lowest BCUT2D eigenvalue weighted by Gasteiger charge is -2.29. The van der Waals surface area contributed by atoms with Gasteiger partial charge < -0.3 is 10.4 Å². The molecule has 1 aromatic rings. The number of aliphatic hydroxyl groups excluding tert-OH is 1. The Hall–Kier alpha value is -1.36. The van der Waals surface area contributed by atoms with Gasteiger partial charge in [-0.3, -0.25) is 9.48 Å². The van der Waals surface area contributed by atoms with Gasteiger partial charge in [0.15, 0.2) is 0 Å². The minimum absolute atomic E-state index is 0.118. The summed E-state index contributed by atoms with van der Waals surface area (Å²) in [6.45, 7) is 0.271. The van der Waals surface area contributed by atoms with E-state index in [9.17, 15) is 9.90 Å². The molecule has 1 heterocycles. The maximum Gasteiger partial charge on any atom is 0.226 e. The van der Waals surface area contributed by atoms with Gasteiger partial charge in [0.1, 0.15) is 6.10 Å². The third-order valence-electron chi connectivity index (χ3n) is 5.28. The van der Waals surface area contributed by atoms with Gasteiger partial charge in [-0.2, -0.15) is 5.10 Å². The summed E-state index contributed by atoms with van der Waals surface area (Å²) in [5, 5.41) is 17.2. The second-order valence-electron chi connectivity index (χ2n) is 6.60. The summed E-state index contributed by atoms with van der Waals surface area (Å²) in [4.78, 5) is 12.5. The number of hydrogen-bond donors (Lipinski definition) is 2. The van der Waals surface area contributed by atoms with Gasteiger partial charge in [0.25, 0.3) is 0 Å². The Kier molecular flexibility index (Phi) is 4.02. The second kappa shape index (κ2) is 5.79. The van der Waals surface area contributed by atoms with E-state index in [1.807, 2.05) is 0 Å². The Morgan fingerprint density at radius 3 is 2.76 bits per heavy atom. The van der Waals surface area contributed by atoms with Crippen LogP contribution in [0, 0.1) is 11.3 Å². The van der Waals surface area contributed by atoms with Crippen molar-refractivity contribution in [2.24, 2.45) is 18.4 Å². The van der Waals surface area contributed by atoms with Crippen molar-refractivity contribution in [3.05, 3.63) is 18.0 Å². The lowest BCUT2D eigenvalue weighted by atomic mass is 9.77. The Morgan fingerprint density at radius 2 is 2.19 bits per heavy atom. The van der Waals surface area contributed by atoms with Crippen LogP contribution in [0.5, 0.6) is 0 Å². The number of carbonyl (C=O) groups is 1. The lowest BCUT2D eigenvalue weighted by molar-refractivity contribution is -0.129. The first-order valence-electron chi connectivity index (χ1n) is 8.08. The van der Waals surface area contributed by atoms with Gasteiger partial charge in [0.2, 0.25) is 5.91 Å². The number of aliphatic hydroxyl groups is 1. The molecule has 0 spiro atoms. The minimum atomic E-state index is -0.691. The van der Waals surface area contributed by atoms with Crippen molar-refractivity contribution >= 4 is 5.91 Å². The molecule has 2 aliphatic rings. The first kappa shape index (κ1) is 14.6. The number of aryl methyl sites for hydroxylation is 1. The molecule has 2 saturated carbocycles. The first-order chi connectivity index (χ1) is 10.1. The Balaban J connectivity index is 1.55. The van der Waals surface area contributed by atoms with Gasteiger partial charge >= 0.3 is 0 Å². The smallest absolute Gasteiger partial charge is 0.226 e. The summed E-state index contributed by atoms with van der Waals surface area (Å²) in [6, 6.07) is 1.78. The van der Waals surface area contributed by atoms with Crippen molar-refractivity contribution in [2.45, 2.75) is 51.0 Å². The normalized spacial score (nSPS) is 22.8. The predicted molar refractivity (Wildman–Crippen MR) is 79.4 cm³/mol. The van der Waals surface area contributed by atoms with Crippen LogP contribution >= 0.6 is 0 Å². The van der Waals surface area contributed by atoms with Gasteiger partial charge in [0, 0.05) is 19.8 Å². The van der Waals surface area contributed by atoms with Crippen LogP contribution in [0.4, 0.5) is 0 Å². The average Bonchev–Trinajstić information content (AvgIpc) is 3.22. The zero-order valence-electron chi connectivity index (χ0n) is 12.7. The third-order valence-corrected chi connectivity index (χ3v) is 5.28. The van der Waals surface area contributed by atoms with Crippen LogP contribution in [0.15, 0.2) is 12.3 Å². The second-order valence-corrected chi connectivity index (χ2v) is 6.60. The Labute approximate surface area is 125 Å². The van der Waals surface area contributed by atoms with Gasteiger partial charge in [-0.05, 0) is 37.7 Å². The standard InChI is InChI=1S/C16H25N3O2/c1-19-13(7-10-18-19)14(20)11-17-15(21)16(8-9-16)12-5-3-2-4-6-12/h7,10,12,14,20H,2-6,8-9,11H2,1H3,(H,17,21). The predicted octanol–water partition coefficient (Wildman–Crippen LogP) is 1.93. The van der Waals surface area contributed by atoms with E-state index in [1.54, 1.807) is 24.0 Å². The molecule has 0 aliphatic heterocycles. The van der Waals surface area contributed by atoms with E-state index in [-0.39, 0.29) is 17.9 Å². The Bertz CT molecular complexity index is 501. The quantitative estimate of drug-likeness (QED) is 0.871. The zero-order chi connectivity index (χ0) is 14.9. The molecule has 3 rings (SSSR count). The number of nitrogens with one attached hydrogen (secondary N) is 1. The monoisotopic (exact) mass is 291 g/mol. The summed E-state index contributed by atoms with van der Waals surface area (Å²) in [6.07, 6.45) is 9.22. The van der Waals surface area contributed by atoms with Crippen LogP contribution in [-0.4, -0.2) is 27.3 Å². The molecule has 116 valence electrons. The number of nitrogens with zero attached hydrogens (tertiary/aromatic N) is 2. The molecule has 0 aromatic carbocycles. The van der Waals surface area contributed by atoms with Crippen molar-refractivity contribution in [1.29, 1.82) is 0 Å². The fourth-order valence-corrected chi connectivity index (χ4v) is 3.79. The number of amides is 1. The number of hydrogen-bond acceptors (Lipinski definition) is 3. The average molecular weight is 291 g/mol. The third kappa shape index (κ3) is 2.84. The van der Waals surface area contributed by atoms with Crippen LogP contribution in [-0.2, 0) is 11.8 Å². The van der Waals surface area contributed by atoms with E-state index < -0.39 is 6.10 Å². The first-order valence-corrected chi connectivity index (χ1v) is 8.08. The molecule has 1 unspecified atom stereocenters. The molecule has 2 fully saturated rings. The summed E-state index contributed by atoms with van der Waals surface area (Å²) in [7, 11) is 1.80. The van der Waals surface area contributed by atoms with Gasteiger partial charge in [-0.1, -0.05) is 19.3 Å². The van der Waals surface area contributed by atoms with Gasteiger partial charge in [0.05, 0.1) is 11.1 Å². The molecule has 0 bridgehead atoms. The van der Waals surface area contributed by atoms with Crippen molar-refractivity contribution < 1.29 is 9.90 Å². The fraction of sp³-hybridized carbons (Fsp3) is 0.750. The summed E-state index contributed by atoms with van der Waals surface area (Å²) >= 11 is 0. The zero-order valence-corrected chi connectivity index (χ0v) is 12.7. The SMILES string of the molecule is Cn1nccc1C(O)CNC(=O)C1(C2CCCCC2)CC1. The highest BCUT2D eigenvalue weighted by Crippen LogP contribution is 2.56. The molecular weight excluding hydrogens is 266 g/mol. The van der Waals surface area contributed by atoms with Crippen molar-refractivity contribution in [3.8, 4) is 0 Å². The highest BCUT2D eigenvalue weighted by molar-refractivity contribution is 5.85. The van der Waals surface area contributed by atoms with Gasteiger partial charge in [-0.15, -0.1) is 0 Å².